The summed E-state index contributed by atoms with van der Waals surface area (Å²) in [5.74, 6) is 0.0867. The van der Waals surface area contributed by atoms with E-state index in [-0.39, 0.29) is 24.0 Å². The molecule has 1 aromatic carbocycles. The van der Waals surface area contributed by atoms with Gasteiger partial charge in [-0.3, -0.25) is 4.79 Å². The molecule has 118 valence electrons. The van der Waals surface area contributed by atoms with Gasteiger partial charge in [0.1, 0.15) is 6.04 Å². The van der Waals surface area contributed by atoms with Crippen LogP contribution in [0.2, 0.25) is 0 Å². The van der Waals surface area contributed by atoms with Crippen LogP contribution in [0.5, 0.6) is 0 Å². The van der Waals surface area contributed by atoms with E-state index in [0.29, 0.717) is 0 Å². The molecule has 1 heterocycles. The lowest BCUT2D eigenvalue weighted by molar-refractivity contribution is -0.704. The van der Waals surface area contributed by atoms with Gasteiger partial charge in [-0.1, -0.05) is 35.9 Å². The van der Waals surface area contributed by atoms with Gasteiger partial charge in [-0.15, -0.1) is 11.3 Å². The molecule has 0 aliphatic heterocycles. The van der Waals surface area contributed by atoms with Crippen LogP contribution in [0.3, 0.4) is 0 Å². The third-order valence-corrected chi connectivity index (χ3v) is 4.57. The Balaban J connectivity index is 2.19. The first kappa shape index (κ1) is 16.7. The van der Waals surface area contributed by atoms with E-state index < -0.39 is 0 Å². The van der Waals surface area contributed by atoms with Gasteiger partial charge < -0.3 is 10.6 Å². The van der Waals surface area contributed by atoms with E-state index in [1.165, 1.54) is 16.0 Å². The number of rotatable bonds is 6. The Morgan fingerprint density at radius 3 is 2.36 bits per heavy atom. The third kappa shape index (κ3) is 4.42. The van der Waals surface area contributed by atoms with Crippen molar-refractivity contribution in [2.45, 2.75) is 45.8 Å². The number of quaternary nitrogens is 1. The van der Waals surface area contributed by atoms with E-state index in [1.807, 2.05) is 20.8 Å². The molecule has 1 amide bonds. The summed E-state index contributed by atoms with van der Waals surface area (Å²) in [7, 11) is 0. The fourth-order valence-corrected chi connectivity index (χ4v) is 3.24. The smallest absolute Gasteiger partial charge is 0.278 e. The fraction of sp³-hybridized carbons (Fsp3) is 0.389. The minimum atomic E-state index is -0.129. The molecule has 0 aliphatic carbocycles. The second-order valence-corrected chi connectivity index (χ2v) is 7.03. The summed E-state index contributed by atoms with van der Waals surface area (Å²) in [6.07, 6.45) is 0. The SMILES string of the molecule is Cc1ccc([C@@H]([NH2+][C@H](C)C(=O)NC(C)C)c2cccs2)cc1. The zero-order valence-electron chi connectivity index (χ0n) is 13.7. The number of thiophene rings is 1. The molecule has 22 heavy (non-hydrogen) atoms. The molecule has 3 N–H and O–H groups in total. The number of nitrogens with two attached hydrogens (primary N) is 1. The van der Waals surface area contributed by atoms with E-state index in [1.54, 1.807) is 11.3 Å². The first-order valence-electron chi connectivity index (χ1n) is 7.72. The maximum absolute atomic E-state index is 12.2. The van der Waals surface area contributed by atoms with Crippen LogP contribution in [-0.4, -0.2) is 18.0 Å². The summed E-state index contributed by atoms with van der Waals surface area (Å²) < 4.78 is 0. The van der Waals surface area contributed by atoms with Crippen LogP contribution in [0, 0.1) is 6.92 Å². The van der Waals surface area contributed by atoms with Crippen molar-refractivity contribution in [2.75, 3.05) is 0 Å². The first-order chi connectivity index (χ1) is 10.5. The Labute approximate surface area is 136 Å². The molecule has 2 rings (SSSR count). The van der Waals surface area contributed by atoms with Crippen molar-refractivity contribution in [1.29, 1.82) is 0 Å². The second kappa shape index (κ2) is 7.56. The predicted molar refractivity (Wildman–Crippen MR) is 92.0 cm³/mol. The van der Waals surface area contributed by atoms with Gasteiger partial charge in [-0.2, -0.15) is 0 Å². The van der Waals surface area contributed by atoms with Gasteiger partial charge in [0.05, 0.1) is 4.88 Å². The molecule has 0 aliphatic rings. The molecular weight excluding hydrogens is 292 g/mol. The predicted octanol–water partition coefficient (Wildman–Crippen LogP) is 2.62. The highest BCUT2D eigenvalue weighted by atomic mass is 32.1. The van der Waals surface area contributed by atoms with Crippen molar-refractivity contribution in [2.24, 2.45) is 0 Å². The van der Waals surface area contributed by atoms with Gasteiger partial charge in [-0.25, -0.2) is 0 Å². The van der Waals surface area contributed by atoms with E-state index in [9.17, 15) is 4.79 Å². The van der Waals surface area contributed by atoms with E-state index in [0.717, 1.165) is 0 Å². The van der Waals surface area contributed by atoms with Crippen LogP contribution in [0.25, 0.3) is 0 Å². The first-order valence-corrected chi connectivity index (χ1v) is 8.60. The fourth-order valence-electron chi connectivity index (χ4n) is 2.40. The van der Waals surface area contributed by atoms with Gasteiger partial charge in [0.25, 0.3) is 5.91 Å². The topological polar surface area (TPSA) is 45.7 Å². The molecule has 0 unspecified atom stereocenters. The summed E-state index contributed by atoms with van der Waals surface area (Å²) in [6, 6.07) is 13.0. The zero-order chi connectivity index (χ0) is 16.1. The monoisotopic (exact) mass is 317 g/mol. The lowest BCUT2D eigenvalue weighted by atomic mass is 10.0. The van der Waals surface area contributed by atoms with Crippen molar-refractivity contribution in [3.63, 3.8) is 0 Å². The van der Waals surface area contributed by atoms with E-state index >= 15 is 0 Å². The molecule has 2 atom stereocenters. The Kier molecular flexibility index (Phi) is 5.75. The van der Waals surface area contributed by atoms with Gasteiger partial charge in [0.15, 0.2) is 6.04 Å². The molecule has 4 heteroatoms. The Morgan fingerprint density at radius 2 is 1.82 bits per heavy atom. The molecule has 0 saturated carbocycles. The maximum Gasteiger partial charge on any atom is 0.278 e. The molecule has 0 fully saturated rings. The highest BCUT2D eigenvalue weighted by Crippen LogP contribution is 2.23. The number of carbonyl (C=O) groups is 1. The average molecular weight is 317 g/mol. The van der Waals surface area contributed by atoms with Crippen LogP contribution in [0.4, 0.5) is 0 Å². The number of hydrogen-bond donors (Lipinski definition) is 2. The highest BCUT2D eigenvalue weighted by molar-refractivity contribution is 7.10. The molecule has 0 saturated heterocycles. The quantitative estimate of drug-likeness (QED) is 0.845. The van der Waals surface area contributed by atoms with Crippen LogP contribution >= 0.6 is 11.3 Å². The molecule has 3 nitrogen and oxygen atoms in total. The van der Waals surface area contributed by atoms with Crippen molar-refractivity contribution in [3.8, 4) is 0 Å². The van der Waals surface area contributed by atoms with Crippen LogP contribution in [0.15, 0.2) is 41.8 Å². The number of benzene rings is 1. The molecule has 0 spiro atoms. The van der Waals surface area contributed by atoms with Gasteiger partial charge in [-0.05, 0) is 39.1 Å². The summed E-state index contributed by atoms with van der Waals surface area (Å²) in [4.78, 5) is 13.5. The molecule has 0 radical (unpaired) electrons. The van der Waals surface area contributed by atoms with Crippen molar-refractivity contribution < 1.29 is 10.1 Å². The number of carbonyl (C=O) groups excluding carboxylic acids is 1. The molecule has 1 aromatic heterocycles. The maximum atomic E-state index is 12.2. The standard InChI is InChI=1S/C18H24N2OS/c1-12(2)19-18(21)14(4)20-17(16-6-5-11-22-16)15-9-7-13(3)8-10-15/h5-12,14,17,20H,1-4H3,(H,19,21)/p+1/t14-,17-/m1/s1. The summed E-state index contributed by atoms with van der Waals surface area (Å²) >= 11 is 1.73. The lowest BCUT2D eigenvalue weighted by Crippen LogP contribution is -2.92. The summed E-state index contributed by atoms with van der Waals surface area (Å²) in [5, 5.41) is 7.22. The van der Waals surface area contributed by atoms with E-state index in [4.69, 9.17) is 0 Å². The van der Waals surface area contributed by atoms with Crippen LogP contribution in [0.1, 0.15) is 42.8 Å². The van der Waals surface area contributed by atoms with Crippen molar-refractivity contribution >= 4 is 17.2 Å². The zero-order valence-corrected chi connectivity index (χ0v) is 14.5. The second-order valence-electron chi connectivity index (χ2n) is 6.05. The average Bonchev–Trinajstić information content (AvgIpc) is 2.98. The lowest BCUT2D eigenvalue weighted by Gasteiger charge is -2.20. The largest absolute Gasteiger partial charge is 0.349 e. The molecule has 2 aromatic rings. The van der Waals surface area contributed by atoms with Gasteiger partial charge >= 0.3 is 0 Å². The highest BCUT2D eigenvalue weighted by Gasteiger charge is 2.25. The summed E-state index contributed by atoms with van der Waals surface area (Å²) in [6.45, 7) is 8.03. The molecular formula is C18H25N2OS+. The molecule has 0 bridgehead atoms. The van der Waals surface area contributed by atoms with Crippen LogP contribution in [-0.2, 0) is 4.79 Å². The third-order valence-electron chi connectivity index (χ3n) is 3.61. The van der Waals surface area contributed by atoms with Gasteiger partial charge in [0.2, 0.25) is 0 Å². The number of aryl methyl sites for hydroxylation is 1. The number of amides is 1. The Bertz CT molecular complexity index is 590. The van der Waals surface area contributed by atoms with Crippen molar-refractivity contribution in [3.05, 3.63) is 57.8 Å². The minimum Gasteiger partial charge on any atom is -0.349 e. The van der Waals surface area contributed by atoms with Crippen molar-refractivity contribution in [1.82, 2.24) is 5.32 Å². The van der Waals surface area contributed by atoms with E-state index in [2.05, 4.69) is 59.3 Å². The van der Waals surface area contributed by atoms with Gasteiger partial charge in [0, 0.05) is 11.6 Å². The Morgan fingerprint density at radius 1 is 1.14 bits per heavy atom. The minimum absolute atomic E-state index is 0.0867. The number of hydrogen-bond acceptors (Lipinski definition) is 2. The normalized spacial score (nSPS) is 13.9. The Hall–Kier alpha value is -1.65. The number of nitrogens with one attached hydrogen (secondary N) is 1. The summed E-state index contributed by atoms with van der Waals surface area (Å²) in [5.41, 5.74) is 2.48. The van der Waals surface area contributed by atoms with Crippen LogP contribution < -0.4 is 10.6 Å².